The number of hydrogen-bond donors (Lipinski definition) is 1. The van der Waals surface area contributed by atoms with Crippen LogP contribution in [0.2, 0.25) is 5.02 Å². The zero-order valence-electron chi connectivity index (χ0n) is 19.9. The molecule has 4 bridgehead atoms. The lowest BCUT2D eigenvalue weighted by Crippen LogP contribution is -2.56. The van der Waals surface area contributed by atoms with Crippen LogP contribution in [-0.2, 0) is 19.1 Å². The third-order valence-electron chi connectivity index (χ3n) is 8.38. The molecule has 1 unspecified atom stereocenters. The van der Waals surface area contributed by atoms with E-state index in [-0.39, 0.29) is 11.3 Å². The van der Waals surface area contributed by atoms with E-state index in [1.165, 1.54) is 26.4 Å². The number of halogens is 1. The minimum absolute atomic E-state index is 0.150. The van der Waals surface area contributed by atoms with Gasteiger partial charge < -0.3 is 19.7 Å². The van der Waals surface area contributed by atoms with E-state index >= 15 is 0 Å². The van der Waals surface area contributed by atoms with Crippen LogP contribution in [0.4, 0.5) is 5.69 Å². The monoisotopic (exact) mass is 488 g/mol. The zero-order valence-corrected chi connectivity index (χ0v) is 20.7. The van der Waals surface area contributed by atoms with Crippen molar-refractivity contribution in [1.29, 1.82) is 0 Å². The highest BCUT2D eigenvalue weighted by atomic mass is 35.5. The third-order valence-corrected chi connectivity index (χ3v) is 8.79. The van der Waals surface area contributed by atoms with Crippen molar-refractivity contribution in [2.75, 3.05) is 25.6 Å². The van der Waals surface area contributed by atoms with Crippen LogP contribution in [0.15, 0.2) is 12.1 Å². The summed E-state index contributed by atoms with van der Waals surface area (Å²) < 4.78 is 10.7. The number of aryl methyl sites for hydroxylation is 1. The van der Waals surface area contributed by atoms with E-state index in [1.54, 1.807) is 17.0 Å². The van der Waals surface area contributed by atoms with Gasteiger partial charge in [-0.1, -0.05) is 11.6 Å². The summed E-state index contributed by atoms with van der Waals surface area (Å²) in [6.45, 7) is 2.00. The molecule has 1 aromatic rings. The Hall–Kier alpha value is -2.28. The Morgan fingerprint density at radius 3 is 2.38 bits per heavy atom. The number of likely N-dealkylation sites (tertiary alicyclic amines) is 1. The Balaban J connectivity index is 1.20. The number of esters is 1. The summed E-state index contributed by atoms with van der Waals surface area (Å²) in [6.07, 6.45) is 8.09. The van der Waals surface area contributed by atoms with Gasteiger partial charge in [-0.3, -0.25) is 9.59 Å². The van der Waals surface area contributed by atoms with Gasteiger partial charge >= 0.3 is 5.97 Å². The van der Waals surface area contributed by atoms with Crippen molar-refractivity contribution in [2.45, 2.75) is 64.3 Å². The molecule has 1 heterocycles. The fraction of sp³-hybridized carbons (Fsp3) is 0.654. The molecule has 4 aliphatic carbocycles. The van der Waals surface area contributed by atoms with E-state index in [1.807, 2.05) is 6.92 Å². The number of carbonyl (C=O) groups is 3. The molecule has 5 aliphatic rings. The molecule has 5 fully saturated rings. The Labute approximate surface area is 205 Å². The molecule has 1 aromatic carbocycles. The maximum absolute atomic E-state index is 13.7. The van der Waals surface area contributed by atoms with Crippen molar-refractivity contribution in [1.82, 2.24) is 4.90 Å². The Bertz CT molecular complexity index is 974. The Morgan fingerprint density at radius 2 is 1.76 bits per heavy atom. The predicted molar refractivity (Wildman–Crippen MR) is 128 cm³/mol. The van der Waals surface area contributed by atoms with E-state index < -0.39 is 24.5 Å². The first-order valence-electron chi connectivity index (χ1n) is 12.4. The third kappa shape index (κ3) is 4.28. The summed E-state index contributed by atoms with van der Waals surface area (Å²) in [4.78, 5) is 40.9. The number of methoxy groups -OCH3 is 1. The predicted octanol–water partition coefficient (Wildman–Crippen LogP) is 4.35. The van der Waals surface area contributed by atoms with Crippen molar-refractivity contribution in [2.24, 2.45) is 23.2 Å². The van der Waals surface area contributed by atoms with Crippen molar-refractivity contribution in [3.05, 3.63) is 22.7 Å². The van der Waals surface area contributed by atoms with Gasteiger partial charge in [0, 0.05) is 17.6 Å². The highest BCUT2D eigenvalue weighted by molar-refractivity contribution is 6.31. The number of ether oxygens (including phenoxy) is 2. The van der Waals surface area contributed by atoms with Crippen LogP contribution in [0.3, 0.4) is 0 Å². The molecule has 184 valence electrons. The summed E-state index contributed by atoms with van der Waals surface area (Å²) in [5.74, 6) is 1.62. The fourth-order valence-electron chi connectivity index (χ4n) is 7.28. The lowest BCUT2D eigenvalue weighted by Gasteiger charge is -2.56. The van der Waals surface area contributed by atoms with Crippen LogP contribution < -0.4 is 10.1 Å². The van der Waals surface area contributed by atoms with E-state index in [2.05, 4.69) is 5.32 Å². The normalized spacial score (nSPS) is 31.4. The van der Waals surface area contributed by atoms with Crippen LogP contribution >= 0.6 is 11.6 Å². The van der Waals surface area contributed by atoms with Gasteiger partial charge in [-0.2, -0.15) is 0 Å². The number of anilines is 1. The maximum Gasteiger partial charge on any atom is 0.329 e. The number of nitrogens with zero attached hydrogens (tertiary/aromatic N) is 1. The van der Waals surface area contributed by atoms with Crippen LogP contribution in [-0.4, -0.2) is 49.0 Å². The Kier molecular flexibility index (Phi) is 6.25. The van der Waals surface area contributed by atoms with E-state index in [4.69, 9.17) is 21.1 Å². The van der Waals surface area contributed by atoms with Gasteiger partial charge in [-0.05, 0) is 87.7 Å². The zero-order chi connectivity index (χ0) is 24.0. The smallest absolute Gasteiger partial charge is 0.329 e. The second-order valence-electron chi connectivity index (χ2n) is 10.8. The number of carbonyl (C=O) groups excluding carboxylic acids is 3. The first-order valence-corrected chi connectivity index (χ1v) is 12.8. The summed E-state index contributed by atoms with van der Waals surface area (Å²) in [5, 5.41) is 3.25. The summed E-state index contributed by atoms with van der Waals surface area (Å²) in [5.41, 5.74) is 0.974. The van der Waals surface area contributed by atoms with E-state index in [0.717, 1.165) is 31.2 Å². The minimum atomic E-state index is -0.597. The molecule has 34 heavy (non-hydrogen) atoms. The van der Waals surface area contributed by atoms with Crippen molar-refractivity contribution >= 4 is 35.1 Å². The molecule has 0 radical (unpaired) electrons. The number of nitrogens with one attached hydrogen (secondary N) is 1. The maximum atomic E-state index is 13.7. The molecule has 1 N–H and O–H groups in total. The summed E-state index contributed by atoms with van der Waals surface area (Å²) in [6, 6.07) is 2.75. The highest BCUT2D eigenvalue weighted by Gasteiger charge is 2.57. The van der Waals surface area contributed by atoms with Crippen LogP contribution in [0, 0.1) is 30.1 Å². The van der Waals surface area contributed by atoms with Crippen LogP contribution in [0.1, 0.15) is 56.9 Å². The largest absolute Gasteiger partial charge is 0.495 e. The minimum Gasteiger partial charge on any atom is -0.495 e. The number of hydrogen-bond acceptors (Lipinski definition) is 5. The number of rotatable bonds is 6. The van der Waals surface area contributed by atoms with Crippen molar-refractivity contribution in [3.8, 4) is 5.75 Å². The molecule has 0 aromatic heterocycles. The lowest BCUT2D eigenvalue weighted by molar-refractivity contribution is -0.165. The molecular weight excluding hydrogens is 456 g/mol. The first-order chi connectivity index (χ1) is 16.3. The van der Waals surface area contributed by atoms with Crippen LogP contribution in [0.25, 0.3) is 0 Å². The summed E-state index contributed by atoms with van der Waals surface area (Å²) >= 11 is 6.12. The molecule has 1 aliphatic heterocycles. The molecule has 1 saturated heterocycles. The van der Waals surface area contributed by atoms with E-state index in [0.29, 0.717) is 47.2 Å². The first kappa shape index (κ1) is 23.5. The second-order valence-corrected chi connectivity index (χ2v) is 11.2. The standard InChI is InChI=1S/C26H33ClN2O5/c1-15-6-20(22(33-2)10-19(15)27)28-23(30)14-34-24(31)21-4-3-5-29(21)25(32)26-11-16-7-17(12-26)9-18(8-16)13-26/h6,10,16-18,21H,3-5,7-9,11-14H2,1-2H3,(H,28,30). The van der Waals surface area contributed by atoms with Crippen LogP contribution in [0.5, 0.6) is 5.75 Å². The fourth-order valence-corrected chi connectivity index (χ4v) is 7.43. The van der Waals surface area contributed by atoms with Crippen molar-refractivity contribution < 1.29 is 23.9 Å². The molecule has 7 nitrogen and oxygen atoms in total. The summed E-state index contributed by atoms with van der Waals surface area (Å²) in [7, 11) is 1.49. The average molecular weight is 489 g/mol. The van der Waals surface area contributed by atoms with Gasteiger partial charge in [-0.25, -0.2) is 4.79 Å². The molecule has 8 heteroatoms. The molecule has 1 atom stereocenters. The van der Waals surface area contributed by atoms with Gasteiger partial charge in [0.15, 0.2) is 6.61 Å². The van der Waals surface area contributed by atoms with Gasteiger partial charge in [-0.15, -0.1) is 0 Å². The van der Waals surface area contributed by atoms with E-state index in [9.17, 15) is 14.4 Å². The quantitative estimate of drug-likeness (QED) is 0.602. The average Bonchev–Trinajstić information content (AvgIpc) is 3.28. The van der Waals surface area contributed by atoms with Gasteiger partial charge in [0.1, 0.15) is 11.8 Å². The molecule has 2 amide bonds. The topological polar surface area (TPSA) is 84.9 Å². The lowest BCUT2D eigenvalue weighted by atomic mass is 9.49. The highest BCUT2D eigenvalue weighted by Crippen LogP contribution is 2.60. The molecule has 4 saturated carbocycles. The van der Waals surface area contributed by atoms with Gasteiger partial charge in [0.25, 0.3) is 5.91 Å². The van der Waals surface area contributed by atoms with Gasteiger partial charge in [0.2, 0.25) is 5.91 Å². The van der Waals surface area contributed by atoms with Crippen molar-refractivity contribution in [3.63, 3.8) is 0 Å². The molecule has 6 rings (SSSR count). The SMILES string of the molecule is COc1cc(Cl)c(C)cc1NC(=O)COC(=O)C1CCCN1C(=O)C12CC3CC(CC(C3)C1)C2. The number of benzene rings is 1. The molecular formula is C26H33ClN2O5. The Morgan fingerprint density at radius 1 is 1.12 bits per heavy atom. The molecule has 0 spiro atoms. The van der Waals surface area contributed by atoms with Gasteiger partial charge in [0.05, 0.1) is 18.2 Å². The number of amides is 2. The second kappa shape index (κ2) is 9.06.